The molecule has 6 heterocycles. The number of rotatable bonds is 2. The van der Waals surface area contributed by atoms with Gasteiger partial charge in [0.25, 0.3) is 0 Å². The molecule has 0 aliphatic carbocycles. The van der Waals surface area contributed by atoms with Gasteiger partial charge in [0, 0.05) is 18.1 Å². The molecule has 0 atom stereocenters. The number of nitrogens with zero attached hydrogens (tertiary/aromatic N) is 8. The van der Waals surface area contributed by atoms with Gasteiger partial charge in [0.05, 0.1) is 11.9 Å². The van der Waals surface area contributed by atoms with Crippen molar-refractivity contribution in [2.75, 3.05) is 0 Å². The van der Waals surface area contributed by atoms with E-state index in [2.05, 4.69) is 71.1 Å². The van der Waals surface area contributed by atoms with E-state index < -0.39 is 0 Å². The van der Waals surface area contributed by atoms with Crippen molar-refractivity contribution in [3.8, 4) is 28.6 Å². The van der Waals surface area contributed by atoms with Crippen molar-refractivity contribution in [2.24, 2.45) is 0 Å². The van der Waals surface area contributed by atoms with Gasteiger partial charge in [0.15, 0.2) is 0 Å². The molecule has 0 amide bonds. The van der Waals surface area contributed by atoms with Crippen LogP contribution in [0.5, 0.6) is 0 Å². The third-order valence-corrected chi connectivity index (χ3v) is 10.1. The van der Waals surface area contributed by atoms with Crippen LogP contribution in [-0.2, 0) is 42.1 Å². The molecule has 12 aromatic rings. The minimum absolute atomic E-state index is 0. The number of aromatic nitrogens is 6. The van der Waals surface area contributed by atoms with Gasteiger partial charge in [0.2, 0.25) is 0 Å². The van der Waals surface area contributed by atoms with Crippen molar-refractivity contribution in [1.29, 1.82) is 5.26 Å². The summed E-state index contributed by atoms with van der Waals surface area (Å²) < 4.78 is 0. The van der Waals surface area contributed by atoms with Crippen molar-refractivity contribution in [3.63, 3.8) is 0 Å². The van der Waals surface area contributed by atoms with E-state index in [4.69, 9.17) is 11.8 Å². The summed E-state index contributed by atoms with van der Waals surface area (Å²) in [7, 11) is 0. The first-order valence-electron chi connectivity index (χ1n) is 19.7. The Morgan fingerprint density at radius 1 is 0.469 bits per heavy atom. The second kappa shape index (κ2) is 21.0. The van der Waals surface area contributed by atoms with Crippen LogP contribution in [0.1, 0.15) is 5.69 Å². The fourth-order valence-corrected chi connectivity index (χ4v) is 7.18. The zero-order valence-corrected chi connectivity index (χ0v) is 38.2. The molecule has 0 unspecified atom stereocenters. The van der Waals surface area contributed by atoms with E-state index >= 15 is 0 Å². The Hall–Kier alpha value is -7.60. The van der Waals surface area contributed by atoms with Crippen LogP contribution >= 0.6 is 0 Å². The van der Waals surface area contributed by atoms with Crippen LogP contribution < -0.4 is 9.97 Å². The standard InChI is InChI=1S/2C15H10N.2C12H6N3.2Pt/c2*1-2-7-13(8-3-1)15-14-9-5-4-6-12(14)10-11-16-15;1-13-11-7-6-9-8-4-2-3-5-10(8)14-12(9)15-11;13-7-8-5-6-10-9-3-1-2-4-11(9)15-12(10)14-8;;/h2*1-7,9-11H;2-7H;1-6H;;/q4*-1;2*+2. The van der Waals surface area contributed by atoms with Gasteiger partial charge in [-0.25, -0.2) is 0 Å². The summed E-state index contributed by atoms with van der Waals surface area (Å²) in [6.07, 6.45) is 3.69. The summed E-state index contributed by atoms with van der Waals surface area (Å²) in [6, 6.07) is 67.9. The molecule has 0 bridgehead atoms. The monoisotopic (exact) mass is 1180 g/mol. The SMILES string of the molecule is N#Cc1ccc2c(n1)[n-]c1ccccc12.[C-]#[N+]c1ccc2c(n1)[n-]c1ccccc12.[Pt+2].[Pt+2].[c-]1ccccc1-c1nccc2ccccc12.[c-]1ccccc1-c1nccc2ccccc12. The molecule has 64 heavy (non-hydrogen) atoms. The Morgan fingerprint density at radius 2 is 0.922 bits per heavy atom. The molecule has 308 valence electrons. The second-order valence-corrected chi connectivity index (χ2v) is 13.9. The summed E-state index contributed by atoms with van der Waals surface area (Å²) >= 11 is 0. The van der Waals surface area contributed by atoms with Crippen molar-refractivity contribution >= 4 is 71.2 Å². The summed E-state index contributed by atoms with van der Waals surface area (Å²) in [6.45, 7) is 6.89. The first kappa shape index (κ1) is 44.5. The average Bonchev–Trinajstić information content (AvgIpc) is 3.92. The molecule has 0 fully saturated rings. The number of nitriles is 1. The van der Waals surface area contributed by atoms with Gasteiger partial charge in [-0.05, 0) is 89.4 Å². The van der Waals surface area contributed by atoms with E-state index in [1.807, 2.05) is 164 Å². The minimum atomic E-state index is 0. The van der Waals surface area contributed by atoms with Crippen LogP contribution in [0.15, 0.2) is 194 Å². The Morgan fingerprint density at radius 3 is 1.41 bits per heavy atom. The van der Waals surface area contributed by atoms with Crippen LogP contribution in [-0.4, -0.2) is 19.9 Å². The summed E-state index contributed by atoms with van der Waals surface area (Å²) in [4.78, 5) is 29.2. The van der Waals surface area contributed by atoms with Gasteiger partial charge < -0.3 is 34.7 Å². The maximum Gasteiger partial charge on any atom is 2.00 e. The van der Waals surface area contributed by atoms with Gasteiger partial charge >= 0.3 is 42.1 Å². The molecule has 0 aliphatic rings. The first-order valence-corrected chi connectivity index (χ1v) is 19.7. The third-order valence-electron chi connectivity index (χ3n) is 10.1. The summed E-state index contributed by atoms with van der Waals surface area (Å²) in [5.74, 6) is 0.394. The molecular formula is C54H32N8Pt2. The van der Waals surface area contributed by atoms with Gasteiger partial charge in [-0.3, -0.25) is 0 Å². The number of fused-ring (bicyclic) bond motifs is 8. The van der Waals surface area contributed by atoms with Gasteiger partial charge in [-0.2, -0.15) is 5.26 Å². The predicted molar refractivity (Wildman–Crippen MR) is 248 cm³/mol. The zero-order valence-electron chi connectivity index (χ0n) is 33.7. The maximum absolute atomic E-state index is 8.73. The predicted octanol–water partition coefficient (Wildman–Crippen LogP) is 12.5. The normalized spacial score (nSPS) is 10.2. The Kier molecular flexibility index (Phi) is 14.6. The van der Waals surface area contributed by atoms with Crippen LogP contribution in [0.4, 0.5) is 5.82 Å². The molecule has 0 aliphatic heterocycles. The molecule has 6 aromatic carbocycles. The fraction of sp³-hybridized carbons (Fsp3) is 0. The second-order valence-electron chi connectivity index (χ2n) is 13.9. The van der Waals surface area contributed by atoms with E-state index in [1.54, 1.807) is 12.1 Å². The van der Waals surface area contributed by atoms with E-state index in [-0.39, 0.29) is 42.1 Å². The van der Waals surface area contributed by atoms with E-state index in [1.165, 1.54) is 21.5 Å². The molecule has 0 spiro atoms. The zero-order chi connectivity index (χ0) is 42.1. The first-order chi connectivity index (χ1) is 30.7. The van der Waals surface area contributed by atoms with Crippen molar-refractivity contribution in [3.05, 3.63) is 224 Å². The van der Waals surface area contributed by atoms with Crippen molar-refractivity contribution in [2.45, 2.75) is 0 Å². The minimum Gasteiger partial charge on any atom is -0.481 e. The van der Waals surface area contributed by atoms with Crippen LogP contribution in [0.2, 0.25) is 0 Å². The van der Waals surface area contributed by atoms with Gasteiger partial charge in [-0.1, -0.05) is 127 Å². The van der Waals surface area contributed by atoms with Crippen LogP contribution in [0.25, 0.3) is 92.8 Å². The Balaban J connectivity index is 0.000000126. The largest absolute Gasteiger partial charge is 2.00 e. The molecule has 6 aromatic heterocycles. The summed E-state index contributed by atoms with van der Waals surface area (Å²) in [5, 5.41) is 17.7. The van der Waals surface area contributed by atoms with Crippen LogP contribution in [0, 0.1) is 30.0 Å². The smallest absolute Gasteiger partial charge is 0.481 e. The van der Waals surface area contributed by atoms with Gasteiger partial charge in [0.1, 0.15) is 0 Å². The van der Waals surface area contributed by atoms with Crippen molar-refractivity contribution in [1.82, 2.24) is 29.9 Å². The molecule has 10 heteroatoms. The molecule has 0 saturated heterocycles. The Bertz CT molecular complexity index is 3330. The number of para-hydroxylation sites is 2. The molecular weight excluding hydrogens is 1150 g/mol. The molecule has 0 saturated carbocycles. The number of pyridine rings is 4. The molecule has 12 rings (SSSR count). The van der Waals surface area contributed by atoms with E-state index in [0.29, 0.717) is 22.8 Å². The number of hydrogen-bond donors (Lipinski definition) is 0. The van der Waals surface area contributed by atoms with Crippen molar-refractivity contribution < 1.29 is 42.1 Å². The number of benzene rings is 6. The maximum atomic E-state index is 8.73. The number of hydrogen-bond acceptors (Lipinski definition) is 5. The van der Waals surface area contributed by atoms with Crippen LogP contribution in [0.3, 0.4) is 0 Å². The Labute approximate surface area is 398 Å². The topological polar surface area (TPSA) is 108 Å². The fourth-order valence-electron chi connectivity index (χ4n) is 7.18. The van der Waals surface area contributed by atoms with E-state index in [0.717, 1.165) is 55.1 Å². The molecule has 0 radical (unpaired) electrons. The quantitative estimate of drug-likeness (QED) is 0.159. The molecule has 0 N–H and O–H groups in total. The average molecular weight is 1180 g/mol. The molecule has 8 nitrogen and oxygen atoms in total. The summed E-state index contributed by atoms with van der Waals surface area (Å²) in [5.41, 5.74) is 7.65. The third kappa shape index (κ3) is 9.71. The van der Waals surface area contributed by atoms with E-state index in [9.17, 15) is 0 Å². The van der Waals surface area contributed by atoms with Gasteiger partial charge in [-0.15, -0.1) is 71.8 Å².